The minimum atomic E-state index is 0.0129. The van der Waals surface area contributed by atoms with Crippen molar-refractivity contribution in [2.24, 2.45) is 0 Å². The molecule has 2 aromatic carbocycles. The first-order chi connectivity index (χ1) is 8.38. The van der Waals surface area contributed by atoms with Crippen LogP contribution >= 0.6 is 0 Å². The number of fused-ring (bicyclic) bond motifs is 1. The second-order valence-electron chi connectivity index (χ2n) is 4.13. The van der Waals surface area contributed by atoms with E-state index in [9.17, 15) is 0 Å². The Morgan fingerprint density at radius 2 is 1.94 bits per heavy atom. The van der Waals surface area contributed by atoms with Crippen LogP contribution in [0, 0.1) is 11.3 Å². The fourth-order valence-electron chi connectivity index (χ4n) is 2.22. The lowest BCUT2D eigenvalue weighted by molar-refractivity contribution is 0.0939. The molecule has 1 aliphatic rings. The zero-order chi connectivity index (χ0) is 11.7. The van der Waals surface area contributed by atoms with Crippen LogP contribution in [0.5, 0.6) is 0 Å². The minimum Gasteiger partial charge on any atom is -0.364 e. The van der Waals surface area contributed by atoms with Gasteiger partial charge in [0.1, 0.15) is 6.10 Å². The second-order valence-corrected chi connectivity index (χ2v) is 4.13. The SMILES string of the molecule is N#Cc1ccc2c(c1)COC2c1ccccc1. The molecule has 0 spiro atoms. The third-order valence-electron chi connectivity index (χ3n) is 3.06. The van der Waals surface area contributed by atoms with E-state index in [4.69, 9.17) is 10.00 Å². The molecular formula is C15H11NO. The number of benzene rings is 2. The van der Waals surface area contributed by atoms with Gasteiger partial charge in [0.25, 0.3) is 0 Å². The summed E-state index contributed by atoms with van der Waals surface area (Å²) in [7, 11) is 0. The Morgan fingerprint density at radius 3 is 2.71 bits per heavy atom. The molecule has 0 N–H and O–H groups in total. The Kier molecular flexibility index (Phi) is 2.40. The third kappa shape index (κ3) is 1.71. The summed E-state index contributed by atoms with van der Waals surface area (Å²) >= 11 is 0. The Labute approximate surface area is 100 Å². The lowest BCUT2D eigenvalue weighted by atomic mass is 9.98. The summed E-state index contributed by atoms with van der Waals surface area (Å²) in [4.78, 5) is 0. The maximum atomic E-state index is 8.86. The topological polar surface area (TPSA) is 33.0 Å². The number of rotatable bonds is 1. The Morgan fingerprint density at radius 1 is 1.12 bits per heavy atom. The van der Waals surface area contributed by atoms with Crippen molar-refractivity contribution in [2.45, 2.75) is 12.7 Å². The van der Waals surface area contributed by atoms with Crippen LogP contribution in [-0.2, 0) is 11.3 Å². The van der Waals surface area contributed by atoms with E-state index in [2.05, 4.69) is 18.2 Å². The van der Waals surface area contributed by atoms with Crippen LogP contribution in [0.2, 0.25) is 0 Å². The van der Waals surface area contributed by atoms with Gasteiger partial charge in [-0.15, -0.1) is 0 Å². The summed E-state index contributed by atoms with van der Waals surface area (Å²) < 4.78 is 5.80. The highest BCUT2D eigenvalue weighted by molar-refractivity contribution is 5.44. The van der Waals surface area contributed by atoms with Gasteiger partial charge in [-0.3, -0.25) is 0 Å². The Balaban J connectivity index is 2.03. The van der Waals surface area contributed by atoms with Gasteiger partial charge < -0.3 is 4.74 Å². The number of hydrogen-bond acceptors (Lipinski definition) is 2. The van der Waals surface area contributed by atoms with E-state index in [-0.39, 0.29) is 6.10 Å². The van der Waals surface area contributed by atoms with Crippen molar-refractivity contribution in [1.29, 1.82) is 5.26 Å². The molecule has 0 bridgehead atoms. The predicted octanol–water partition coefficient (Wildman–Crippen LogP) is 3.18. The van der Waals surface area contributed by atoms with Gasteiger partial charge in [-0.05, 0) is 28.8 Å². The summed E-state index contributed by atoms with van der Waals surface area (Å²) in [5.41, 5.74) is 4.16. The van der Waals surface area contributed by atoms with Crippen molar-refractivity contribution >= 4 is 0 Å². The van der Waals surface area contributed by atoms with Crippen LogP contribution in [0.25, 0.3) is 0 Å². The highest BCUT2D eigenvalue weighted by atomic mass is 16.5. The van der Waals surface area contributed by atoms with Gasteiger partial charge in [0.2, 0.25) is 0 Å². The van der Waals surface area contributed by atoms with Crippen LogP contribution in [0.3, 0.4) is 0 Å². The van der Waals surface area contributed by atoms with Crippen molar-refractivity contribution in [3.05, 3.63) is 70.8 Å². The molecule has 0 amide bonds. The first-order valence-corrected chi connectivity index (χ1v) is 5.58. The lowest BCUT2D eigenvalue weighted by Gasteiger charge is -2.11. The minimum absolute atomic E-state index is 0.0129. The van der Waals surface area contributed by atoms with E-state index in [1.807, 2.05) is 36.4 Å². The summed E-state index contributed by atoms with van der Waals surface area (Å²) in [6.45, 7) is 0.588. The third-order valence-corrected chi connectivity index (χ3v) is 3.06. The molecule has 0 aromatic heterocycles. The number of hydrogen-bond donors (Lipinski definition) is 0. The van der Waals surface area contributed by atoms with Crippen LogP contribution in [0.4, 0.5) is 0 Å². The molecule has 0 aliphatic carbocycles. The second kappa shape index (κ2) is 4.04. The van der Waals surface area contributed by atoms with Crippen LogP contribution in [-0.4, -0.2) is 0 Å². The molecule has 82 valence electrons. The van der Waals surface area contributed by atoms with Gasteiger partial charge >= 0.3 is 0 Å². The Hall–Kier alpha value is -2.11. The van der Waals surface area contributed by atoms with Crippen LogP contribution in [0.15, 0.2) is 48.5 Å². The highest BCUT2D eigenvalue weighted by Gasteiger charge is 2.24. The smallest absolute Gasteiger partial charge is 0.108 e. The normalized spacial score (nSPS) is 17.5. The molecule has 1 aliphatic heterocycles. The summed E-state index contributed by atoms with van der Waals surface area (Å²) in [6, 6.07) is 18.1. The van der Waals surface area contributed by atoms with Crippen LogP contribution in [0.1, 0.15) is 28.4 Å². The van der Waals surface area contributed by atoms with E-state index in [0.717, 1.165) is 11.1 Å². The maximum Gasteiger partial charge on any atom is 0.108 e. The lowest BCUT2D eigenvalue weighted by Crippen LogP contribution is -1.97. The van der Waals surface area contributed by atoms with Crippen LogP contribution < -0.4 is 0 Å². The van der Waals surface area contributed by atoms with E-state index < -0.39 is 0 Å². The molecule has 0 saturated carbocycles. The molecule has 1 unspecified atom stereocenters. The zero-order valence-electron chi connectivity index (χ0n) is 9.26. The molecule has 0 radical (unpaired) electrons. The van der Waals surface area contributed by atoms with Gasteiger partial charge in [0.05, 0.1) is 18.2 Å². The molecule has 2 nitrogen and oxygen atoms in total. The van der Waals surface area contributed by atoms with Crippen molar-refractivity contribution in [1.82, 2.24) is 0 Å². The molecule has 0 saturated heterocycles. The van der Waals surface area contributed by atoms with Gasteiger partial charge in [0.15, 0.2) is 0 Å². The first-order valence-electron chi connectivity index (χ1n) is 5.58. The van der Waals surface area contributed by atoms with Gasteiger partial charge in [-0.2, -0.15) is 5.26 Å². The van der Waals surface area contributed by atoms with Gasteiger partial charge in [-0.25, -0.2) is 0 Å². The molecular weight excluding hydrogens is 210 g/mol. The van der Waals surface area contributed by atoms with Crippen molar-refractivity contribution in [3.63, 3.8) is 0 Å². The Bertz CT molecular complexity index is 584. The molecule has 1 heterocycles. The van der Waals surface area contributed by atoms with E-state index in [1.54, 1.807) is 0 Å². The monoisotopic (exact) mass is 221 g/mol. The molecule has 17 heavy (non-hydrogen) atoms. The largest absolute Gasteiger partial charge is 0.364 e. The van der Waals surface area contributed by atoms with Crippen molar-refractivity contribution < 1.29 is 4.74 Å². The molecule has 2 aromatic rings. The predicted molar refractivity (Wildman–Crippen MR) is 64.2 cm³/mol. The van der Waals surface area contributed by atoms with E-state index >= 15 is 0 Å². The standard InChI is InChI=1S/C15H11NO/c16-9-11-6-7-14-13(8-11)10-17-15(14)12-4-2-1-3-5-12/h1-8,15H,10H2. The van der Waals surface area contributed by atoms with E-state index in [0.29, 0.717) is 12.2 Å². The van der Waals surface area contributed by atoms with E-state index in [1.165, 1.54) is 5.56 Å². The molecule has 3 rings (SSSR count). The molecule has 0 fully saturated rings. The van der Waals surface area contributed by atoms with Gasteiger partial charge in [0, 0.05) is 0 Å². The fraction of sp³-hybridized carbons (Fsp3) is 0.133. The average Bonchev–Trinajstić information content (AvgIpc) is 2.82. The quantitative estimate of drug-likeness (QED) is 0.741. The number of ether oxygens (including phenoxy) is 1. The number of nitriles is 1. The molecule has 2 heteroatoms. The summed E-state index contributed by atoms with van der Waals surface area (Å²) in [6.07, 6.45) is 0.0129. The summed E-state index contributed by atoms with van der Waals surface area (Å²) in [5.74, 6) is 0. The number of nitrogens with zero attached hydrogens (tertiary/aromatic N) is 1. The van der Waals surface area contributed by atoms with Crippen molar-refractivity contribution in [2.75, 3.05) is 0 Å². The average molecular weight is 221 g/mol. The first kappa shape index (κ1) is 10.1. The fourth-order valence-corrected chi connectivity index (χ4v) is 2.22. The maximum absolute atomic E-state index is 8.86. The highest BCUT2D eigenvalue weighted by Crippen LogP contribution is 2.35. The van der Waals surface area contributed by atoms with Gasteiger partial charge in [-0.1, -0.05) is 36.4 Å². The van der Waals surface area contributed by atoms with Crippen molar-refractivity contribution in [3.8, 4) is 6.07 Å². The molecule has 1 atom stereocenters. The summed E-state index contributed by atoms with van der Waals surface area (Å²) in [5, 5.41) is 8.86. The zero-order valence-corrected chi connectivity index (χ0v) is 9.26.